The zero-order chi connectivity index (χ0) is 13.9. The summed E-state index contributed by atoms with van der Waals surface area (Å²) in [5, 5.41) is 3.92. The molecule has 0 saturated carbocycles. The van der Waals surface area contributed by atoms with Gasteiger partial charge in [-0.1, -0.05) is 18.1 Å². The lowest BCUT2D eigenvalue weighted by Gasteiger charge is -2.09. The van der Waals surface area contributed by atoms with Gasteiger partial charge in [-0.05, 0) is 18.6 Å². The molecule has 104 valence electrons. The monoisotopic (exact) mass is 273 g/mol. The van der Waals surface area contributed by atoms with Gasteiger partial charge >= 0.3 is 0 Å². The standard InChI is InChI=1S/C15H16FN3O/c1-2-3-15-17-7-8-19(15)14-5-4-11(10-12(14)16)13-6-9-20-18-13/h4-5,7-8,10H,2-3,6,9H2,1H3. The molecule has 2 heterocycles. The molecule has 1 aliphatic rings. The second-order valence-electron chi connectivity index (χ2n) is 4.75. The van der Waals surface area contributed by atoms with Crippen molar-refractivity contribution in [2.75, 3.05) is 6.61 Å². The van der Waals surface area contributed by atoms with Gasteiger partial charge in [0.15, 0.2) is 0 Å². The third-order valence-electron chi connectivity index (χ3n) is 3.34. The first-order valence-corrected chi connectivity index (χ1v) is 6.81. The van der Waals surface area contributed by atoms with E-state index < -0.39 is 0 Å². The normalized spacial score (nSPS) is 14.2. The van der Waals surface area contributed by atoms with Crippen molar-refractivity contribution in [1.29, 1.82) is 0 Å². The summed E-state index contributed by atoms with van der Waals surface area (Å²) < 4.78 is 16.1. The van der Waals surface area contributed by atoms with Gasteiger partial charge in [0.05, 0.1) is 11.4 Å². The quantitative estimate of drug-likeness (QED) is 0.858. The molecule has 1 aliphatic heterocycles. The van der Waals surface area contributed by atoms with E-state index in [0.717, 1.165) is 36.4 Å². The van der Waals surface area contributed by atoms with Crippen molar-refractivity contribution in [3.63, 3.8) is 0 Å². The summed E-state index contributed by atoms with van der Waals surface area (Å²) in [5.41, 5.74) is 2.10. The van der Waals surface area contributed by atoms with Crippen LogP contribution in [0.1, 0.15) is 31.2 Å². The smallest absolute Gasteiger partial charge is 0.147 e. The van der Waals surface area contributed by atoms with Gasteiger partial charge in [0.25, 0.3) is 0 Å². The van der Waals surface area contributed by atoms with Gasteiger partial charge in [-0.3, -0.25) is 0 Å². The molecule has 0 atom stereocenters. The highest BCUT2D eigenvalue weighted by Gasteiger charge is 2.14. The van der Waals surface area contributed by atoms with Crippen LogP contribution in [-0.4, -0.2) is 21.9 Å². The molecular formula is C15H16FN3O. The Morgan fingerprint density at radius 3 is 3.00 bits per heavy atom. The Kier molecular flexibility index (Phi) is 3.50. The summed E-state index contributed by atoms with van der Waals surface area (Å²) in [7, 11) is 0. The Morgan fingerprint density at radius 2 is 2.30 bits per heavy atom. The van der Waals surface area contributed by atoms with Crippen LogP contribution in [0.2, 0.25) is 0 Å². The number of nitrogens with zero attached hydrogens (tertiary/aromatic N) is 3. The predicted molar refractivity (Wildman–Crippen MR) is 74.6 cm³/mol. The first-order chi connectivity index (χ1) is 9.79. The minimum Gasteiger partial charge on any atom is -0.395 e. The van der Waals surface area contributed by atoms with Crippen LogP contribution in [0.4, 0.5) is 4.39 Å². The van der Waals surface area contributed by atoms with E-state index in [9.17, 15) is 4.39 Å². The number of aryl methyl sites for hydroxylation is 1. The van der Waals surface area contributed by atoms with Crippen LogP contribution in [0.25, 0.3) is 5.69 Å². The fourth-order valence-electron chi connectivity index (χ4n) is 2.35. The Labute approximate surface area is 116 Å². The summed E-state index contributed by atoms with van der Waals surface area (Å²) in [6.07, 6.45) is 6.02. The van der Waals surface area contributed by atoms with Crippen LogP contribution in [0.15, 0.2) is 35.7 Å². The Bertz CT molecular complexity index is 648. The molecule has 2 aromatic rings. The maximum atomic E-state index is 14.3. The molecule has 0 amide bonds. The van der Waals surface area contributed by atoms with E-state index in [2.05, 4.69) is 17.1 Å². The number of halogens is 1. The lowest BCUT2D eigenvalue weighted by atomic mass is 10.1. The first kappa shape index (κ1) is 12.8. The molecule has 3 rings (SSSR count). The Morgan fingerprint density at radius 1 is 1.40 bits per heavy atom. The van der Waals surface area contributed by atoms with Crippen molar-refractivity contribution in [3.8, 4) is 5.69 Å². The first-order valence-electron chi connectivity index (χ1n) is 6.81. The fourth-order valence-corrected chi connectivity index (χ4v) is 2.35. The zero-order valence-corrected chi connectivity index (χ0v) is 11.3. The number of imidazole rings is 1. The van der Waals surface area contributed by atoms with Gasteiger partial charge in [-0.2, -0.15) is 0 Å². The number of benzene rings is 1. The van der Waals surface area contributed by atoms with Crippen LogP contribution in [0.5, 0.6) is 0 Å². The maximum absolute atomic E-state index is 14.3. The van der Waals surface area contributed by atoms with Crippen LogP contribution in [0.3, 0.4) is 0 Å². The number of rotatable bonds is 4. The van der Waals surface area contributed by atoms with Crippen LogP contribution >= 0.6 is 0 Å². The minimum absolute atomic E-state index is 0.271. The molecule has 0 unspecified atom stereocenters. The van der Waals surface area contributed by atoms with E-state index in [-0.39, 0.29) is 5.82 Å². The Hall–Kier alpha value is -2.17. The van der Waals surface area contributed by atoms with Gasteiger partial charge < -0.3 is 9.40 Å². The zero-order valence-electron chi connectivity index (χ0n) is 11.3. The van der Waals surface area contributed by atoms with Crippen LogP contribution in [0, 0.1) is 5.82 Å². The molecule has 0 saturated heterocycles. The van der Waals surface area contributed by atoms with E-state index in [1.165, 1.54) is 6.07 Å². The molecule has 20 heavy (non-hydrogen) atoms. The minimum atomic E-state index is -0.271. The Balaban J connectivity index is 1.96. The van der Waals surface area contributed by atoms with Gasteiger partial charge in [0.2, 0.25) is 0 Å². The molecule has 0 aliphatic carbocycles. The van der Waals surface area contributed by atoms with E-state index >= 15 is 0 Å². The third-order valence-corrected chi connectivity index (χ3v) is 3.34. The highest BCUT2D eigenvalue weighted by Crippen LogP contribution is 2.20. The number of oxime groups is 1. The molecule has 0 fully saturated rings. The predicted octanol–water partition coefficient (Wildman–Crippen LogP) is 3.09. The van der Waals surface area contributed by atoms with E-state index in [1.807, 2.05) is 6.07 Å². The second kappa shape index (κ2) is 5.45. The SMILES string of the molecule is CCCc1nccn1-c1ccc(C2=NOCC2)cc1F. The lowest BCUT2D eigenvalue weighted by Crippen LogP contribution is -2.05. The van der Waals surface area contributed by atoms with Crippen molar-refractivity contribution in [1.82, 2.24) is 9.55 Å². The summed E-state index contributed by atoms with van der Waals surface area (Å²) in [4.78, 5) is 9.23. The molecule has 0 N–H and O–H groups in total. The molecular weight excluding hydrogens is 257 g/mol. The van der Waals surface area contributed by atoms with Crippen molar-refractivity contribution < 1.29 is 9.23 Å². The molecule has 1 aromatic heterocycles. The van der Waals surface area contributed by atoms with Crippen LogP contribution < -0.4 is 0 Å². The van der Waals surface area contributed by atoms with Gasteiger partial charge in [0, 0.05) is 30.8 Å². The second-order valence-corrected chi connectivity index (χ2v) is 4.75. The highest BCUT2D eigenvalue weighted by atomic mass is 19.1. The lowest BCUT2D eigenvalue weighted by molar-refractivity contribution is 0.174. The summed E-state index contributed by atoms with van der Waals surface area (Å²) in [6.45, 7) is 2.65. The average molecular weight is 273 g/mol. The molecule has 5 heteroatoms. The highest BCUT2D eigenvalue weighted by molar-refractivity contribution is 6.01. The van der Waals surface area contributed by atoms with Gasteiger partial charge in [-0.25, -0.2) is 9.37 Å². The number of hydrogen-bond donors (Lipinski definition) is 0. The fraction of sp³-hybridized carbons (Fsp3) is 0.333. The molecule has 1 aromatic carbocycles. The van der Waals surface area contributed by atoms with Crippen molar-refractivity contribution in [2.45, 2.75) is 26.2 Å². The van der Waals surface area contributed by atoms with Crippen LogP contribution in [-0.2, 0) is 11.3 Å². The van der Waals surface area contributed by atoms with Gasteiger partial charge in [0.1, 0.15) is 18.2 Å². The molecule has 0 radical (unpaired) electrons. The average Bonchev–Trinajstić information content (AvgIpc) is 3.10. The van der Waals surface area contributed by atoms with Crippen molar-refractivity contribution >= 4 is 5.71 Å². The molecule has 4 nitrogen and oxygen atoms in total. The maximum Gasteiger partial charge on any atom is 0.147 e. The number of aromatic nitrogens is 2. The van der Waals surface area contributed by atoms with Crippen molar-refractivity contribution in [3.05, 3.63) is 47.8 Å². The number of hydrogen-bond acceptors (Lipinski definition) is 3. The molecule has 0 spiro atoms. The third kappa shape index (κ3) is 2.31. The summed E-state index contributed by atoms with van der Waals surface area (Å²) >= 11 is 0. The topological polar surface area (TPSA) is 39.4 Å². The molecule has 0 bridgehead atoms. The van der Waals surface area contributed by atoms with E-state index in [4.69, 9.17) is 4.84 Å². The summed E-state index contributed by atoms with van der Waals surface area (Å²) in [6, 6.07) is 5.16. The van der Waals surface area contributed by atoms with E-state index in [0.29, 0.717) is 12.3 Å². The summed E-state index contributed by atoms with van der Waals surface area (Å²) in [5.74, 6) is 0.605. The largest absolute Gasteiger partial charge is 0.395 e. The van der Waals surface area contributed by atoms with Crippen molar-refractivity contribution in [2.24, 2.45) is 5.16 Å². The van der Waals surface area contributed by atoms with Gasteiger partial charge in [-0.15, -0.1) is 0 Å². The van der Waals surface area contributed by atoms with E-state index in [1.54, 1.807) is 23.0 Å².